The molecule has 1 aromatic heterocycles. The van der Waals surface area contributed by atoms with Crippen molar-refractivity contribution in [2.45, 2.75) is 13.8 Å². The molecule has 1 aliphatic rings. The topological polar surface area (TPSA) is 189 Å². The van der Waals surface area contributed by atoms with E-state index < -0.39 is 5.91 Å². The number of phenols is 2. The van der Waals surface area contributed by atoms with Gasteiger partial charge >= 0.3 is 0 Å². The van der Waals surface area contributed by atoms with Gasteiger partial charge in [0, 0.05) is 22.4 Å². The lowest BCUT2D eigenvalue weighted by Crippen LogP contribution is -2.12. The number of carbonyl (C=O) groups is 1. The molecule has 1 amide bonds. The Bertz CT molecular complexity index is 3990. The molecule has 1 aliphatic carbocycles. The molecule has 68 heavy (non-hydrogen) atoms. The van der Waals surface area contributed by atoms with Gasteiger partial charge in [-0.25, -0.2) is 4.98 Å². The Balaban J connectivity index is 0.986. The van der Waals surface area contributed by atoms with Gasteiger partial charge in [-0.3, -0.25) is 10.1 Å². The minimum atomic E-state index is -0.579. The summed E-state index contributed by atoms with van der Waals surface area (Å²) in [5.41, 5.74) is 5.65. The Hall–Kier alpha value is -9.30. The van der Waals surface area contributed by atoms with Gasteiger partial charge in [-0.2, -0.15) is 20.8 Å². The van der Waals surface area contributed by atoms with Gasteiger partial charge < -0.3 is 14.9 Å². The Morgan fingerprint density at radius 2 is 1.21 bits per heavy atom. The average Bonchev–Trinajstić information content (AvgIpc) is 3.90. The Labute approximate surface area is 391 Å². The lowest BCUT2D eigenvalue weighted by atomic mass is 9.99. The van der Waals surface area contributed by atoms with Crippen molar-refractivity contribution in [3.8, 4) is 40.5 Å². The zero-order valence-electron chi connectivity index (χ0n) is 36.2. The molecule has 0 atom stereocenters. The van der Waals surface area contributed by atoms with Crippen molar-refractivity contribution in [1.82, 2.24) is 4.98 Å². The van der Waals surface area contributed by atoms with Crippen molar-refractivity contribution < 1.29 is 19.7 Å². The van der Waals surface area contributed by atoms with Gasteiger partial charge in [0.2, 0.25) is 0 Å². The normalized spacial score (nSPS) is 12.0. The Kier molecular flexibility index (Phi) is 10.1. The molecular formula is C55H34N8O4S. The van der Waals surface area contributed by atoms with Gasteiger partial charge in [0.25, 0.3) is 5.91 Å². The number of aryl methyl sites for hydroxylation is 1. The molecule has 0 fully saturated rings. The number of allylic oxidation sites excluding steroid dienone is 1. The number of aromatic nitrogens is 1. The molecule has 10 aromatic rings. The van der Waals surface area contributed by atoms with E-state index in [9.17, 15) is 25.5 Å². The van der Waals surface area contributed by atoms with Crippen molar-refractivity contribution >= 4 is 104 Å². The van der Waals surface area contributed by atoms with Crippen LogP contribution in [-0.2, 0) is 0 Å². The second-order valence-corrected chi connectivity index (χ2v) is 17.3. The lowest BCUT2D eigenvalue weighted by molar-refractivity contribution is 0.102. The number of carbonyl (C=O) groups excluding carboxylic acids is 1. The first kappa shape index (κ1) is 41.4. The summed E-state index contributed by atoms with van der Waals surface area (Å²) in [6.07, 6.45) is 0. The monoisotopic (exact) mass is 902 g/mol. The van der Waals surface area contributed by atoms with Crippen molar-refractivity contribution in [2.75, 3.05) is 11.9 Å². The average molecular weight is 903 g/mol. The maximum Gasteiger partial charge on any atom is 0.261 e. The molecule has 0 unspecified atom stereocenters. The number of fused-ring (bicyclic) bond motifs is 8. The number of nitrogens with zero attached hydrogens (tertiary/aromatic N) is 7. The highest BCUT2D eigenvalue weighted by molar-refractivity contribution is 7.22. The number of amides is 1. The van der Waals surface area contributed by atoms with Crippen LogP contribution >= 0.6 is 11.3 Å². The number of phenolic OH excluding ortho intramolecular Hbond substituents is 2. The van der Waals surface area contributed by atoms with Crippen LogP contribution in [0.4, 0.5) is 27.9 Å². The largest absolute Gasteiger partial charge is 0.505 e. The zero-order chi connectivity index (χ0) is 46.6. The van der Waals surface area contributed by atoms with Crippen molar-refractivity contribution in [2.24, 2.45) is 20.5 Å². The number of rotatable bonds is 8. The highest BCUT2D eigenvalue weighted by atomic mass is 32.1. The number of aromatic hydroxyl groups is 2. The summed E-state index contributed by atoms with van der Waals surface area (Å²) in [5.74, 6) is -0.247. The summed E-state index contributed by atoms with van der Waals surface area (Å²) in [6, 6.07) is 47.6. The molecule has 13 heteroatoms. The lowest BCUT2D eigenvalue weighted by Gasteiger charge is -2.11. The van der Waals surface area contributed by atoms with Gasteiger partial charge in [-0.1, -0.05) is 72.0 Å². The standard InChI is InChI=1S/C55H34N8O4S/c1-3-67-39-14-17-48-47(26-39)58-55(68-48)59-54(66)46-23-35-20-31-9-5-7-11-33(31)22-43(35)51(53(46)65)63-61-38-13-16-41-45(25-38)44-24-37(12-15-40(44)49(41)36(27-56)28-57)60-62-50-42-21-32-10-6-4-8-30(32)19-34(42)18-29(2)52(50)64/h4-26,64-65H,3H2,1-2H3,(H,58,59,66). The summed E-state index contributed by atoms with van der Waals surface area (Å²) in [4.78, 5) is 18.6. The van der Waals surface area contributed by atoms with Gasteiger partial charge in [-0.15, -0.1) is 10.2 Å². The first-order chi connectivity index (χ1) is 33.2. The molecule has 0 bridgehead atoms. The van der Waals surface area contributed by atoms with Crippen LogP contribution in [0.25, 0.3) is 70.0 Å². The molecule has 0 aliphatic heterocycles. The second kappa shape index (κ2) is 16.6. The first-order valence-electron chi connectivity index (χ1n) is 21.5. The fourth-order valence-corrected chi connectivity index (χ4v) is 9.70. The van der Waals surface area contributed by atoms with Crippen molar-refractivity contribution in [1.29, 1.82) is 10.5 Å². The van der Waals surface area contributed by atoms with Crippen LogP contribution < -0.4 is 10.1 Å². The van der Waals surface area contributed by atoms with Crippen LogP contribution in [0.5, 0.6) is 17.2 Å². The van der Waals surface area contributed by atoms with E-state index in [1.54, 1.807) is 36.4 Å². The van der Waals surface area contributed by atoms with Gasteiger partial charge in [0.1, 0.15) is 40.6 Å². The van der Waals surface area contributed by atoms with Gasteiger partial charge in [-0.05, 0) is 147 Å². The molecule has 1 heterocycles. The zero-order valence-corrected chi connectivity index (χ0v) is 37.1. The summed E-state index contributed by atoms with van der Waals surface area (Å²) < 4.78 is 6.48. The van der Waals surface area contributed by atoms with E-state index >= 15 is 0 Å². The van der Waals surface area contributed by atoms with Crippen LogP contribution in [0, 0.1) is 29.6 Å². The van der Waals surface area contributed by atoms with E-state index in [0.717, 1.165) is 37.0 Å². The fraction of sp³-hybridized carbons (Fsp3) is 0.0545. The molecule has 0 radical (unpaired) electrons. The van der Waals surface area contributed by atoms with Gasteiger partial charge in [0.05, 0.1) is 33.8 Å². The third-order valence-corrected chi connectivity index (χ3v) is 13.0. The SMILES string of the molecule is CCOc1ccc2sc(NC(=O)c3cc4cc5ccccc5cc4c(N=Nc4ccc5c(c4)-c4cc(N=Nc6c(O)c(C)cc7cc8ccccc8cc67)ccc4C5=C(C#N)C#N)c3O)nc2c1. The number of hydrogen-bond acceptors (Lipinski definition) is 12. The molecule has 12 nitrogen and oxygen atoms in total. The number of ether oxygens (including phenoxy) is 1. The number of benzene rings is 9. The Morgan fingerprint density at radius 1 is 0.647 bits per heavy atom. The smallest absolute Gasteiger partial charge is 0.261 e. The van der Waals surface area contributed by atoms with Crippen molar-refractivity contribution in [3.05, 3.63) is 167 Å². The van der Waals surface area contributed by atoms with Crippen LogP contribution in [0.15, 0.2) is 166 Å². The van der Waals surface area contributed by atoms with E-state index in [1.165, 1.54) is 11.3 Å². The number of nitriles is 2. The van der Waals surface area contributed by atoms with Crippen LogP contribution in [0.2, 0.25) is 0 Å². The molecule has 324 valence electrons. The maximum absolute atomic E-state index is 14.0. The minimum absolute atomic E-state index is 0.0174. The molecule has 9 aromatic carbocycles. The highest BCUT2D eigenvalue weighted by Crippen LogP contribution is 2.49. The molecule has 11 rings (SSSR count). The number of nitrogens with one attached hydrogen (secondary N) is 1. The summed E-state index contributed by atoms with van der Waals surface area (Å²) >= 11 is 1.30. The fourth-order valence-electron chi connectivity index (χ4n) is 8.85. The van der Waals surface area contributed by atoms with Crippen LogP contribution in [0.1, 0.15) is 34.0 Å². The van der Waals surface area contributed by atoms with E-state index in [4.69, 9.17) is 4.74 Å². The van der Waals surface area contributed by atoms with Crippen LogP contribution in [0.3, 0.4) is 0 Å². The third kappa shape index (κ3) is 7.16. The predicted molar refractivity (Wildman–Crippen MR) is 267 cm³/mol. The van der Waals surface area contributed by atoms with Crippen LogP contribution in [-0.4, -0.2) is 27.7 Å². The van der Waals surface area contributed by atoms with E-state index in [-0.39, 0.29) is 28.3 Å². The number of azo groups is 2. The maximum atomic E-state index is 14.0. The molecular weight excluding hydrogens is 869 g/mol. The summed E-state index contributed by atoms with van der Waals surface area (Å²) in [7, 11) is 0. The second-order valence-electron chi connectivity index (χ2n) is 16.2. The number of anilines is 1. The van der Waals surface area contributed by atoms with E-state index in [0.29, 0.717) is 84.2 Å². The van der Waals surface area contributed by atoms with E-state index in [2.05, 4.69) is 49.0 Å². The van der Waals surface area contributed by atoms with Gasteiger partial charge in [0.15, 0.2) is 10.9 Å². The third-order valence-electron chi connectivity index (χ3n) is 12.1. The number of thiazole rings is 1. The van der Waals surface area contributed by atoms with Crippen molar-refractivity contribution in [3.63, 3.8) is 0 Å². The predicted octanol–water partition coefficient (Wildman–Crippen LogP) is 14.9. The molecule has 0 saturated carbocycles. The van der Waals surface area contributed by atoms with E-state index in [1.807, 2.05) is 111 Å². The molecule has 0 saturated heterocycles. The summed E-state index contributed by atoms with van der Waals surface area (Å²) in [6.45, 7) is 4.23. The minimum Gasteiger partial charge on any atom is -0.505 e. The molecule has 0 spiro atoms. The number of hydrogen-bond donors (Lipinski definition) is 3. The quantitative estimate of drug-likeness (QED) is 0.0768. The summed E-state index contributed by atoms with van der Waals surface area (Å²) in [5, 5.41) is 71.8. The highest BCUT2D eigenvalue weighted by Gasteiger charge is 2.28. The Morgan fingerprint density at radius 3 is 1.78 bits per heavy atom. The molecule has 3 N–H and O–H groups in total. The first-order valence-corrected chi connectivity index (χ1v) is 22.3.